The van der Waals surface area contributed by atoms with Crippen molar-refractivity contribution >= 4 is 10.0 Å². The molecule has 0 fully saturated rings. The average molecular weight is 336 g/mol. The Bertz CT molecular complexity index is 879. The number of hydrogen-bond donors (Lipinski definition) is 3. The number of aromatic nitrogens is 5. The summed E-state index contributed by atoms with van der Waals surface area (Å²) < 4.78 is 32.0. The Kier molecular flexibility index (Phi) is 4.01. The summed E-state index contributed by atoms with van der Waals surface area (Å²) in [6.07, 6.45) is 2.81. The van der Waals surface area contributed by atoms with Crippen LogP contribution in [0, 0.1) is 0 Å². The van der Waals surface area contributed by atoms with Gasteiger partial charge in [-0.2, -0.15) is 0 Å². The normalized spacial score (nSPS) is 12.1. The van der Waals surface area contributed by atoms with Crippen LogP contribution in [0.15, 0.2) is 34.0 Å². The molecule has 3 heterocycles. The summed E-state index contributed by atoms with van der Waals surface area (Å²) >= 11 is 0. The third kappa shape index (κ3) is 3.32. The molecule has 3 N–H and O–H groups in total. The topological polar surface area (TPSA) is 130 Å². The van der Waals surface area contributed by atoms with E-state index in [2.05, 4.69) is 29.9 Å². The van der Waals surface area contributed by atoms with Gasteiger partial charge in [-0.25, -0.2) is 23.1 Å². The van der Waals surface area contributed by atoms with Crippen molar-refractivity contribution in [1.29, 1.82) is 0 Å². The fourth-order valence-corrected chi connectivity index (χ4v) is 2.79. The van der Waals surface area contributed by atoms with Crippen LogP contribution in [-0.4, -0.2) is 33.6 Å². The Labute approximate surface area is 132 Å². The largest absolute Gasteiger partial charge is 0.461 e. The highest BCUT2D eigenvalue weighted by Gasteiger charge is 2.19. The molecule has 0 saturated heterocycles. The van der Waals surface area contributed by atoms with Gasteiger partial charge in [0.15, 0.2) is 10.8 Å². The molecule has 0 aliphatic rings. The second kappa shape index (κ2) is 5.97. The Hall–Kier alpha value is -2.46. The molecule has 3 rings (SSSR count). The molecule has 10 heteroatoms. The summed E-state index contributed by atoms with van der Waals surface area (Å²) in [6.45, 7) is 3.83. The lowest BCUT2D eigenvalue weighted by molar-refractivity contribution is 0.575. The molecule has 0 aliphatic carbocycles. The lowest BCUT2D eigenvalue weighted by Gasteiger charge is -2.02. The number of hydrogen-bond acceptors (Lipinski definition) is 6. The number of aromatic amines is 2. The van der Waals surface area contributed by atoms with Gasteiger partial charge in [-0.05, 0) is 12.1 Å². The molecule has 9 nitrogen and oxygen atoms in total. The molecule has 0 amide bonds. The number of sulfonamides is 1. The van der Waals surface area contributed by atoms with Crippen molar-refractivity contribution in [3.63, 3.8) is 0 Å². The predicted molar refractivity (Wildman–Crippen MR) is 80.8 cm³/mol. The van der Waals surface area contributed by atoms with E-state index in [1.807, 2.05) is 13.8 Å². The van der Waals surface area contributed by atoms with Gasteiger partial charge in [0, 0.05) is 5.92 Å². The van der Waals surface area contributed by atoms with Crippen LogP contribution in [0.4, 0.5) is 0 Å². The maximum Gasteiger partial charge on any atom is 0.258 e. The zero-order valence-corrected chi connectivity index (χ0v) is 13.4. The Morgan fingerprint density at radius 2 is 2.22 bits per heavy atom. The van der Waals surface area contributed by atoms with Crippen LogP contribution < -0.4 is 4.72 Å². The molecule has 0 aromatic carbocycles. The standard InChI is InChI=1S/C13H16N6O3S/c1-8(2)12-14-7-11(17-12)23(20,21)15-6-10-16-13(19-18-10)9-4-3-5-22-9/h3-5,7-8,15H,6H2,1-2H3,(H,14,17)(H,16,18,19). The van der Waals surface area contributed by atoms with Gasteiger partial charge in [0.25, 0.3) is 10.0 Å². The van der Waals surface area contributed by atoms with E-state index in [-0.39, 0.29) is 17.5 Å². The maximum atomic E-state index is 12.2. The van der Waals surface area contributed by atoms with Gasteiger partial charge in [0.1, 0.15) is 11.6 Å². The second-order valence-corrected chi connectivity index (χ2v) is 6.93. The highest BCUT2D eigenvalue weighted by atomic mass is 32.2. The van der Waals surface area contributed by atoms with Crippen molar-refractivity contribution in [3.05, 3.63) is 36.2 Å². The lowest BCUT2D eigenvalue weighted by Crippen LogP contribution is -2.24. The maximum absolute atomic E-state index is 12.2. The van der Waals surface area contributed by atoms with E-state index in [0.29, 0.717) is 23.2 Å². The van der Waals surface area contributed by atoms with Crippen LogP contribution in [-0.2, 0) is 16.6 Å². The van der Waals surface area contributed by atoms with E-state index < -0.39 is 10.0 Å². The molecule has 0 aliphatic heterocycles. The molecule has 0 atom stereocenters. The third-order valence-electron chi connectivity index (χ3n) is 3.11. The van der Waals surface area contributed by atoms with Crippen LogP contribution in [0.3, 0.4) is 0 Å². The van der Waals surface area contributed by atoms with E-state index >= 15 is 0 Å². The Morgan fingerprint density at radius 1 is 1.39 bits per heavy atom. The molecule has 3 aromatic rings. The monoisotopic (exact) mass is 336 g/mol. The van der Waals surface area contributed by atoms with Gasteiger partial charge in [0.05, 0.1) is 19.0 Å². The molecule has 23 heavy (non-hydrogen) atoms. The van der Waals surface area contributed by atoms with Crippen molar-refractivity contribution in [2.24, 2.45) is 0 Å². The first-order chi connectivity index (χ1) is 11.0. The SMILES string of the molecule is CC(C)c1ncc(S(=O)(=O)NCc2nc(-c3ccco3)n[nH]2)[nH]1. The fourth-order valence-electron chi connectivity index (χ4n) is 1.88. The van der Waals surface area contributed by atoms with Gasteiger partial charge >= 0.3 is 0 Å². The zero-order valence-electron chi connectivity index (χ0n) is 12.6. The Morgan fingerprint density at radius 3 is 2.87 bits per heavy atom. The van der Waals surface area contributed by atoms with Crippen LogP contribution >= 0.6 is 0 Å². The Balaban J connectivity index is 1.69. The molecule has 122 valence electrons. The molecule has 0 radical (unpaired) electrons. The minimum Gasteiger partial charge on any atom is -0.461 e. The molecular formula is C13H16N6O3S. The van der Waals surface area contributed by atoms with E-state index in [9.17, 15) is 8.42 Å². The van der Waals surface area contributed by atoms with E-state index in [1.165, 1.54) is 12.5 Å². The predicted octanol–water partition coefficient (Wildman–Crippen LogP) is 1.39. The van der Waals surface area contributed by atoms with Crippen molar-refractivity contribution in [2.45, 2.75) is 31.3 Å². The van der Waals surface area contributed by atoms with Crippen LogP contribution in [0.5, 0.6) is 0 Å². The van der Waals surface area contributed by atoms with Gasteiger partial charge in [-0.15, -0.1) is 5.10 Å². The van der Waals surface area contributed by atoms with Gasteiger partial charge in [-0.1, -0.05) is 13.8 Å². The fraction of sp³-hybridized carbons (Fsp3) is 0.308. The van der Waals surface area contributed by atoms with Crippen molar-refractivity contribution in [1.82, 2.24) is 29.9 Å². The number of nitrogens with one attached hydrogen (secondary N) is 3. The number of rotatable bonds is 6. The second-order valence-electron chi connectivity index (χ2n) is 5.19. The molecule has 0 unspecified atom stereocenters. The smallest absolute Gasteiger partial charge is 0.258 e. The highest BCUT2D eigenvalue weighted by Crippen LogP contribution is 2.15. The first kappa shape index (κ1) is 15.4. The first-order valence-electron chi connectivity index (χ1n) is 6.95. The molecule has 0 bridgehead atoms. The van der Waals surface area contributed by atoms with Gasteiger partial charge in [-0.3, -0.25) is 5.10 Å². The first-order valence-corrected chi connectivity index (χ1v) is 8.44. The van der Waals surface area contributed by atoms with E-state index in [1.54, 1.807) is 12.1 Å². The lowest BCUT2D eigenvalue weighted by atomic mass is 10.2. The van der Waals surface area contributed by atoms with Crippen molar-refractivity contribution < 1.29 is 12.8 Å². The van der Waals surface area contributed by atoms with Crippen LogP contribution in [0.1, 0.15) is 31.4 Å². The summed E-state index contributed by atoms with van der Waals surface area (Å²) in [7, 11) is -3.69. The molecule has 3 aromatic heterocycles. The van der Waals surface area contributed by atoms with Crippen molar-refractivity contribution in [2.75, 3.05) is 0 Å². The number of imidazole rings is 1. The summed E-state index contributed by atoms with van der Waals surface area (Å²) in [5.74, 6) is 1.98. The zero-order chi connectivity index (χ0) is 16.4. The van der Waals surface area contributed by atoms with E-state index in [0.717, 1.165) is 0 Å². The summed E-state index contributed by atoms with van der Waals surface area (Å²) in [5.41, 5.74) is 0. The minimum atomic E-state index is -3.69. The quantitative estimate of drug-likeness (QED) is 0.623. The van der Waals surface area contributed by atoms with E-state index in [4.69, 9.17) is 4.42 Å². The molecule has 0 spiro atoms. The average Bonchev–Trinajstić information content (AvgIpc) is 3.23. The summed E-state index contributed by atoms with van der Waals surface area (Å²) in [4.78, 5) is 11.0. The molecule has 0 saturated carbocycles. The van der Waals surface area contributed by atoms with Crippen LogP contribution in [0.25, 0.3) is 11.6 Å². The number of H-pyrrole nitrogens is 2. The molecular weight excluding hydrogens is 320 g/mol. The highest BCUT2D eigenvalue weighted by molar-refractivity contribution is 7.89. The van der Waals surface area contributed by atoms with Gasteiger partial charge < -0.3 is 9.40 Å². The summed E-state index contributed by atoms with van der Waals surface area (Å²) in [6, 6.07) is 3.44. The third-order valence-corrected chi connectivity index (χ3v) is 4.42. The number of furan rings is 1. The number of nitrogens with zero attached hydrogens (tertiary/aromatic N) is 3. The van der Waals surface area contributed by atoms with Crippen LogP contribution in [0.2, 0.25) is 0 Å². The van der Waals surface area contributed by atoms with Gasteiger partial charge in [0.2, 0.25) is 5.82 Å². The summed E-state index contributed by atoms with van der Waals surface area (Å²) in [5, 5.41) is 6.66. The minimum absolute atomic E-state index is 0.0203. The van der Waals surface area contributed by atoms with Crippen molar-refractivity contribution in [3.8, 4) is 11.6 Å².